The van der Waals surface area contributed by atoms with E-state index in [1.54, 1.807) is 12.1 Å². The zero-order valence-corrected chi connectivity index (χ0v) is 15.1. The predicted molar refractivity (Wildman–Crippen MR) is 100 cm³/mol. The smallest absolute Gasteiger partial charge is 0.308 e. The Balaban J connectivity index is 1.86. The van der Waals surface area contributed by atoms with Crippen molar-refractivity contribution in [3.05, 3.63) is 75.3 Å². The van der Waals surface area contributed by atoms with Crippen LogP contribution in [-0.2, 0) is 22.4 Å². The van der Waals surface area contributed by atoms with Crippen LogP contribution in [0.3, 0.4) is 0 Å². The number of nitro benzene ring substituents is 1. The number of non-ortho nitro benzene ring substituents is 1. The number of carbonyl (C=O) groups is 2. The van der Waals surface area contributed by atoms with Gasteiger partial charge in [0.1, 0.15) is 0 Å². The lowest BCUT2D eigenvalue weighted by molar-refractivity contribution is -0.384. The van der Waals surface area contributed by atoms with Gasteiger partial charge in [-0.05, 0) is 30.9 Å². The maximum atomic E-state index is 12.0. The maximum absolute atomic E-state index is 12.0. The first-order chi connectivity index (χ1) is 12.8. The van der Waals surface area contributed by atoms with E-state index >= 15 is 0 Å². The van der Waals surface area contributed by atoms with Crippen molar-refractivity contribution in [1.29, 1.82) is 0 Å². The summed E-state index contributed by atoms with van der Waals surface area (Å²) in [6.45, 7) is 1.98. The van der Waals surface area contributed by atoms with Crippen LogP contribution in [0.2, 0.25) is 0 Å². The van der Waals surface area contributed by atoms with Gasteiger partial charge in [0.25, 0.3) is 5.69 Å². The molecule has 0 bridgehead atoms. The highest BCUT2D eigenvalue weighted by atomic mass is 16.6. The fourth-order valence-electron chi connectivity index (χ4n) is 2.78. The van der Waals surface area contributed by atoms with Crippen LogP contribution in [0, 0.1) is 23.0 Å². The molecular weight excluding hydrogens is 348 g/mol. The molecule has 0 fully saturated rings. The standard InChI is InChI=1S/C20H22N2O5/c1-14-4-2-6-16(10-14)11-17(20(24)25)13-21-19(23)9-8-15-5-3-7-18(12-15)22(26)27/h2-7,10,12,17H,8-9,11,13H2,1H3,(H,21,23)(H,24,25). The van der Waals surface area contributed by atoms with Crippen LogP contribution >= 0.6 is 0 Å². The molecule has 1 atom stereocenters. The lowest BCUT2D eigenvalue weighted by atomic mass is 9.98. The highest BCUT2D eigenvalue weighted by Crippen LogP contribution is 2.15. The second-order valence-corrected chi connectivity index (χ2v) is 6.46. The number of carboxylic acids is 1. The Bertz CT molecular complexity index is 835. The molecule has 2 aromatic rings. The number of benzene rings is 2. The molecule has 7 heteroatoms. The minimum absolute atomic E-state index is 0.0167. The summed E-state index contributed by atoms with van der Waals surface area (Å²) in [5, 5.41) is 22.8. The van der Waals surface area contributed by atoms with Crippen molar-refractivity contribution in [2.45, 2.75) is 26.2 Å². The van der Waals surface area contributed by atoms with Gasteiger partial charge in [0.15, 0.2) is 0 Å². The molecule has 7 nitrogen and oxygen atoms in total. The number of nitro groups is 1. The number of amides is 1. The zero-order chi connectivity index (χ0) is 19.8. The summed E-state index contributed by atoms with van der Waals surface area (Å²) in [6.07, 6.45) is 0.823. The third-order valence-electron chi connectivity index (χ3n) is 4.22. The lowest BCUT2D eigenvalue weighted by Crippen LogP contribution is -2.34. The molecule has 27 heavy (non-hydrogen) atoms. The van der Waals surface area contributed by atoms with Crippen LogP contribution in [0.15, 0.2) is 48.5 Å². The number of hydrogen-bond acceptors (Lipinski definition) is 4. The van der Waals surface area contributed by atoms with Gasteiger partial charge in [-0.2, -0.15) is 0 Å². The highest BCUT2D eigenvalue weighted by Gasteiger charge is 2.19. The van der Waals surface area contributed by atoms with Gasteiger partial charge in [-0.3, -0.25) is 19.7 Å². The van der Waals surface area contributed by atoms with Crippen molar-refractivity contribution in [2.75, 3.05) is 6.54 Å². The normalized spacial score (nSPS) is 11.6. The Hall–Kier alpha value is -3.22. The largest absolute Gasteiger partial charge is 0.481 e. The molecule has 0 spiro atoms. The molecule has 0 aliphatic heterocycles. The summed E-state index contributed by atoms with van der Waals surface area (Å²) in [7, 11) is 0. The molecule has 2 aromatic carbocycles. The Morgan fingerprint density at radius 2 is 1.85 bits per heavy atom. The molecule has 0 aliphatic rings. The van der Waals surface area contributed by atoms with Crippen LogP contribution in [0.25, 0.3) is 0 Å². The molecule has 0 heterocycles. The van der Waals surface area contributed by atoms with Gasteiger partial charge >= 0.3 is 5.97 Å². The highest BCUT2D eigenvalue weighted by molar-refractivity contribution is 5.77. The second-order valence-electron chi connectivity index (χ2n) is 6.46. The minimum Gasteiger partial charge on any atom is -0.481 e. The Morgan fingerprint density at radius 3 is 2.52 bits per heavy atom. The predicted octanol–water partition coefficient (Wildman–Crippen LogP) is 2.90. The van der Waals surface area contributed by atoms with Crippen molar-refractivity contribution in [1.82, 2.24) is 5.32 Å². The number of aliphatic carboxylic acids is 1. The van der Waals surface area contributed by atoms with Crippen LogP contribution in [0.4, 0.5) is 5.69 Å². The minimum atomic E-state index is -0.963. The van der Waals surface area contributed by atoms with Gasteiger partial charge in [-0.15, -0.1) is 0 Å². The van der Waals surface area contributed by atoms with E-state index in [1.165, 1.54) is 12.1 Å². The molecule has 0 radical (unpaired) electrons. The summed E-state index contributed by atoms with van der Waals surface area (Å²) in [4.78, 5) is 33.8. The van der Waals surface area contributed by atoms with E-state index in [2.05, 4.69) is 5.32 Å². The molecule has 0 saturated carbocycles. The summed E-state index contributed by atoms with van der Waals surface area (Å²) >= 11 is 0. The van der Waals surface area contributed by atoms with Crippen molar-refractivity contribution < 1.29 is 19.6 Å². The molecule has 2 rings (SSSR count). The van der Waals surface area contributed by atoms with E-state index in [0.717, 1.165) is 11.1 Å². The first kappa shape index (κ1) is 20.1. The van der Waals surface area contributed by atoms with Crippen LogP contribution in [-0.4, -0.2) is 28.5 Å². The van der Waals surface area contributed by atoms with Gasteiger partial charge in [-0.25, -0.2) is 0 Å². The van der Waals surface area contributed by atoms with E-state index < -0.39 is 16.8 Å². The second kappa shape index (κ2) is 9.47. The van der Waals surface area contributed by atoms with Gasteiger partial charge < -0.3 is 10.4 Å². The van der Waals surface area contributed by atoms with E-state index in [-0.39, 0.29) is 24.6 Å². The van der Waals surface area contributed by atoms with Gasteiger partial charge in [-0.1, -0.05) is 42.0 Å². The maximum Gasteiger partial charge on any atom is 0.308 e. The molecular formula is C20H22N2O5. The molecule has 0 aliphatic carbocycles. The summed E-state index contributed by atoms with van der Waals surface area (Å²) in [5.74, 6) is -1.96. The summed E-state index contributed by atoms with van der Waals surface area (Å²) in [6, 6.07) is 13.7. The molecule has 1 unspecified atom stereocenters. The van der Waals surface area contributed by atoms with Gasteiger partial charge in [0.05, 0.1) is 10.8 Å². The molecule has 0 aromatic heterocycles. The Labute approximate surface area is 157 Å². The monoisotopic (exact) mass is 370 g/mol. The van der Waals surface area contributed by atoms with Crippen molar-refractivity contribution in [2.24, 2.45) is 5.92 Å². The zero-order valence-electron chi connectivity index (χ0n) is 15.1. The number of nitrogens with zero attached hydrogens (tertiary/aromatic N) is 1. The lowest BCUT2D eigenvalue weighted by Gasteiger charge is -2.14. The molecule has 1 amide bonds. The number of carboxylic acid groups (broad SMARTS) is 1. The average molecular weight is 370 g/mol. The van der Waals surface area contributed by atoms with E-state index in [0.29, 0.717) is 18.4 Å². The summed E-state index contributed by atoms with van der Waals surface area (Å²) in [5.41, 5.74) is 2.64. The first-order valence-corrected chi connectivity index (χ1v) is 8.63. The first-order valence-electron chi connectivity index (χ1n) is 8.63. The Morgan fingerprint density at radius 1 is 1.15 bits per heavy atom. The van der Waals surface area contributed by atoms with E-state index in [9.17, 15) is 24.8 Å². The fraction of sp³-hybridized carbons (Fsp3) is 0.300. The number of rotatable bonds is 9. The number of nitrogens with one attached hydrogen (secondary N) is 1. The average Bonchev–Trinajstić information content (AvgIpc) is 2.63. The van der Waals surface area contributed by atoms with Crippen LogP contribution < -0.4 is 5.32 Å². The number of carbonyl (C=O) groups excluding carboxylic acids is 1. The molecule has 0 saturated heterocycles. The van der Waals surface area contributed by atoms with Crippen molar-refractivity contribution >= 4 is 17.6 Å². The van der Waals surface area contributed by atoms with E-state index in [1.807, 2.05) is 31.2 Å². The van der Waals surface area contributed by atoms with Crippen molar-refractivity contribution in [3.8, 4) is 0 Å². The van der Waals surface area contributed by atoms with Crippen LogP contribution in [0.5, 0.6) is 0 Å². The van der Waals surface area contributed by atoms with Gasteiger partial charge in [0.2, 0.25) is 5.91 Å². The third-order valence-corrected chi connectivity index (χ3v) is 4.22. The summed E-state index contributed by atoms with van der Waals surface area (Å²) < 4.78 is 0. The molecule has 2 N–H and O–H groups in total. The Kier molecular flexibility index (Phi) is 7.05. The SMILES string of the molecule is Cc1cccc(CC(CNC(=O)CCc2cccc([N+](=O)[O-])c2)C(=O)O)c1. The number of aryl methyl sites for hydroxylation is 2. The van der Waals surface area contributed by atoms with E-state index in [4.69, 9.17) is 0 Å². The van der Waals surface area contributed by atoms with Crippen LogP contribution in [0.1, 0.15) is 23.1 Å². The fourth-order valence-corrected chi connectivity index (χ4v) is 2.78. The third kappa shape index (κ3) is 6.54. The molecule has 142 valence electrons. The number of hydrogen-bond donors (Lipinski definition) is 2. The van der Waals surface area contributed by atoms with Gasteiger partial charge in [0, 0.05) is 25.1 Å². The quantitative estimate of drug-likeness (QED) is 0.521. The van der Waals surface area contributed by atoms with Crippen molar-refractivity contribution in [3.63, 3.8) is 0 Å². The topological polar surface area (TPSA) is 110 Å².